The molecule has 1 aromatic rings. The Morgan fingerprint density at radius 2 is 2.10 bits per heavy atom. The van der Waals surface area contributed by atoms with Crippen molar-refractivity contribution in [1.29, 1.82) is 0 Å². The van der Waals surface area contributed by atoms with Crippen LogP contribution in [0.4, 0.5) is 5.69 Å². The smallest absolute Gasteiger partial charge is 0.251 e. The highest BCUT2D eigenvalue weighted by molar-refractivity contribution is 5.97. The van der Waals surface area contributed by atoms with Crippen LogP contribution in [0.25, 0.3) is 0 Å². The van der Waals surface area contributed by atoms with Gasteiger partial charge in [0.1, 0.15) is 0 Å². The molecular weight excluding hydrogens is 254 g/mol. The topological polar surface area (TPSA) is 61.4 Å². The maximum atomic E-state index is 12.0. The molecule has 108 valence electrons. The van der Waals surface area contributed by atoms with Gasteiger partial charge in [0.05, 0.1) is 0 Å². The number of anilines is 1. The first kappa shape index (κ1) is 14.5. The molecule has 2 rings (SSSR count). The van der Waals surface area contributed by atoms with E-state index in [4.69, 9.17) is 0 Å². The summed E-state index contributed by atoms with van der Waals surface area (Å²) in [7, 11) is 0. The van der Waals surface area contributed by atoms with E-state index in [1.807, 2.05) is 19.1 Å². The average Bonchev–Trinajstić information content (AvgIpc) is 2.86. The number of hydrogen-bond donors (Lipinski definition) is 2. The summed E-state index contributed by atoms with van der Waals surface area (Å²) in [4.78, 5) is 25.2. The van der Waals surface area contributed by atoms with Gasteiger partial charge in [-0.15, -0.1) is 0 Å². The normalized spacial score (nSPS) is 13.2. The number of carbonyl (C=O) groups is 2. The first-order valence-electron chi connectivity index (χ1n) is 7.03. The molecule has 0 aliphatic carbocycles. The SMILES string of the molecule is CCNCCNC(=O)c1ccc2c(c1)CCN2C(C)=O. The minimum absolute atomic E-state index is 0.0478. The predicted molar refractivity (Wildman–Crippen MR) is 79.0 cm³/mol. The number of carbonyl (C=O) groups excluding carboxylic acids is 2. The largest absolute Gasteiger partial charge is 0.351 e. The van der Waals surface area contributed by atoms with Crippen molar-refractivity contribution in [2.75, 3.05) is 31.1 Å². The minimum atomic E-state index is -0.0630. The van der Waals surface area contributed by atoms with Crippen molar-refractivity contribution in [1.82, 2.24) is 10.6 Å². The molecular formula is C15H21N3O2. The summed E-state index contributed by atoms with van der Waals surface area (Å²) in [6.07, 6.45) is 0.813. The van der Waals surface area contributed by atoms with Crippen molar-refractivity contribution in [3.63, 3.8) is 0 Å². The first-order valence-corrected chi connectivity index (χ1v) is 7.03. The maximum Gasteiger partial charge on any atom is 0.251 e. The highest BCUT2D eigenvalue weighted by Gasteiger charge is 2.22. The van der Waals surface area contributed by atoms with Crippen molar-refractivity contribution in [3.8, 4) is 0 Å². The Morgan fingerprint density at radius 1 is 1.30 bits per heavy atom. The average molecular weight is 275 g/mol. The van der Waals surface area contributed by atoms with Crippen LogP contribution in [-0.2, 0) is 11.2 Å². The highest BCUT2D eigenvalue weighted by Crippen LogP contribution is 2.28. The molecule has 20 heavy (non-hydrogen) atoms. The number of amides is 2. The van der Waals surface area contributed by atoms with Crippen LogP contribution in [0.2, 0.25) is 0 Å². The fraction of sp³-hybridized carbons (Fsp3) is 0.467. The first-order chi connectivity index (χ1) is 9.63. The molecule has 0 bridgehead atoms. The van der Waals surface area contributed by atoms with Crippen molar-refractivity contribution in [2.45, 2.75) is 20.3 Å². The van der Waals surface area contributed by atoms with E-state index in [2.05, 4.69) is 10.6 Å². The lowest BCUT2D eigenvalue weighted by molar-refractivity contribution is -0.116. The van der Waals surface area contributed by atoms with Crippen LogP contribution < -0.4 is 15.5 Å². The maximum absolute atomic E-state index is 12.0. The lowest BCUT2D eigenvalue weighted by Crippen LogP contribution is -2.31. The summed E-state index contributed by atoms with van der Waals surface area (Å²) in [6, 6.07) is 5.53. The molecule has 0 saturated carbocycles. The zero-order valence-electron chi connectivity index (χ0n) is 12.0. The van der Waals surface area contributed by atoms with Gasteiger partial charge in [-0.1, -0.05) is 6.92 Å². The number of rotatable bonds is 5. The fourth-order valence-corrected chi connectivity index (χ4v) is 2.41. The van der Waals surface area contributed by atoms with Crippen LogP contribution in [0.5, 0.6) is 0 Å². The van der Waals surface area contributed by atoms with Crippen LogP contribution >= 0.6 is 0 Å². The third kappa shape index (κ3) is 3.17. The van der Waals surface area contributed by atoms with Gasteiger partial charge < -0.3 is 15.5 Å². The van der Waals surface area contributed by atoms with Gasteiger partial charge in [0.2, 0.25) is 5.91 Å². The zero-order valence-corrected chi connectivity index (χ0v) is 12.0. The molecule has 1 aliphatic rings. The van der Waals surface area contributed by atoms with Crippen molar-refractivity contribution in [2.24, 2.45) is 0 Å². The molecule has 0 saturated heterocycles. The summed E-state index contributed by atoms with van der Waals surface area (Å²) in [5, 5.41) is 6.03. The Bertz CT molecular complexity index is 514. The van der Waals surface area contributed by atoms with Crippen LogP contribution in [0.15, 0.2) is 18.2 Å². The Balaban J connectivity index is 2.01. The predicted octanol–water partition coefficient (Wildman–Crippen LogP) is 0.935. The summed E-state index contributed by atoms with van der Waals surface area (Å²) in [6.45, 7) is 6.58. The van der Waals surface area contributed by atoms with Gasteiger partial charge in [-0.2, -0.15) is 0 Å². The summed E-state index contributed by atoms with van der Waals surface area (Å²) < 4.78 is 0. The minimum Gasteiger partial charge on any atom is -0.351 e. The van der Waals surface area contributed by atoms with Gasteiger partial charge in [0, 0.05) is 37.8 Å². The lowest BCUT2D eigenvalue weighted by Gasteiger charge is -2.14. The third-order valence-corrected chi connectivity index (χ3v) is 3.45. The molecule has 0 aromatic heterocycles. The molecule has 0 atom stereocenters. The monoisotopic (exact) mass is 275 g/mol. The molecule has 5 heteroatoms. The second-order valence-corrected chi connectivity index (χ2v) is 4.87. The number of nitrogens with one attached hydrogen (secondary N) is 2. The van der Waals surface area contributed by atoms with Crippen molar-refractivity contribution in [3.05, 3.63) is 29.3 Å². The fourth-order valence-electron chi connectivity index (χ4n) is 2.41. The molecule has 0 spiro atoms. The Morgan fingerprint density at radius 3 is 2.80 bits per heavy atom. The number of nitrogens with zero attached hydrogens (tertiary/aromatic N) is 1. The van der Waals surface area contributed by atoms with Crippen LogP contribution in [0, 0.1) is 0 Å². The van der Waals surface area contributed by atoms with Gasteiger partial charge in [-0.05, 0) is 36.7 Å². The number of likely N-dealkylation sites (N-methyl/N-ethyl adjacent to an activating group) is 1. The second-order valence-electron chi connectivity index (χ2n) is 4.87. The number of benzene rings is 1. The second kappa shape index (κ2) is 6.52. The molecule has 0 fully saturated rings. The molecule has 1 heterocycles. The third-order valence-electron chi connectivity index (χ3n) is 3.45. The Kier molecular flexibility index (Phi) is 4.74. The quantitative estimate of drug-likeness (QED) is 0.786. The van der Waals surface area contributed by atoms with Crippen LogP contribution in [0.1, 0.15) is 29.8 Å². The Hall–Kier alpha value is -1.88. The van der Waals surface area contributed by atoms with Crippen molar-refractivity contribution < 1.29 is 9.59 Å². The van der Waals surface area contributed by atoms with Crippen molar-refractivity contribution >= 4 is 17.5 Å². The van der Waals surface area contributed by atoms with Gasteiger partial charge >= 0.3 is 0 Å². The van der Waals surface area contributed by atoms with Gasteiger partial charge in [-0.25, -0.2) is 0 Å². The molecule has 2 N–H and O–H groups in total. The van der Waals surface area contributed by atoms with Crippen LogP contribution in [0.3, 0.4) is 0 Å². The highest BCUT2D eigenvalue weighted by atomic mass is 16.2. The number of fused-ring (bicyclic) bond motifs is 1. The van der Waals surface area contributed by atoms with Gasteiger partial charge in [0.15, 0.2) is 0 Å². The summed E-state index contributed by atoms with van der Waals surface area (Å²) in [5.41, 5.74) is 2.66. The molecule has 2 amide bonds. The van der Waals surface area contributed by atoms with E-state index >= 15 is 0 Å². The number of hydrogen-bond acceptors (Lipinski definition) is 3. The summed E-state index contributed by atoms with van der Waals surface area (Å²) >= 11 is 0. The molecule has 1 aliphatic heterocycles. The van der Waals surface area contributed by atoms with E-state index in [1.54, 1.807) is 17.9 Å². The van der Waals surface area contributed by atoms with E-state index < -0.39 is 0 Å². The standard InChI is InChI=1S/C15H21N3O2/c1-3-16-7-8-17-15(20)13-4-5-14-12(10-13)6-9-18(14)11(2)19/h4-5,10,16H,3,6-9H2,1-2H3,(H,17,20). The van der Waals surface area contributed by atoms with Gasteiger partial charge in [-0.3, -0.25) is 9.59 Å². The molecule has 0 radical (unpaired) electrons. The van der Waals surface area contributed by atoms with E-state index in [1.165, 1.54) is 0 Å². The molecule has 1 aromatic carbocycles. The van der Waals surface area contributed by atoms with E-state index in [9.17, 15) is 9.59 Å². The molecule has 0 unspecified atom stereocenters. The Labute approximate surface area is 119 Å². The summed E-state index contributed by atoms with van der Waals surface area (Å²) in [5.74, 6) is -0.0152. The molecule has 5 nitrogen and oxygen atoms in total. The van der Waals surface area contributed by atoms with E-state index in [0.717, 1.165) is 30.8 Å². The lowest BCUT2D eigenvalue weighted by atomic mass is 10.1. The van der Waals surface area contributed by atoms with E-state index in [-0.39, 0.29) is 11.8 Å². The van der Waals surface area contributed by atoms with Gasteiger partial charge in [0.25, 0.3) is 5.91 Å². The zero-order chi connectivity index (χ0) is 14.5. The van der Waals surface area contributed by atoms with Crippen LogP contribution in [-0.4, -0.2) is 38.0 Å². The van der Waals surface area contributed by atoms with E-state index in [0.29, 0.717) is 18.7 Å².